The third kappa shape index (κ3) is 4.37. The average Bonchev–Trinajstić information content (AvgIpc) is 2.22. The molecule has 5 heteroatoms. The average molecular weight is 312 g/mol. The molecule has 1 aromatic carbocycles. The van der Waals surface area contributed by atoms with Gasteiger partial charge in [-0.25, -0.2) is 4.39 Å². The van der Waals surface area contributed by atoms with E-state index in [4.69, 9.17) is 11.5 Å². The van der Waals surface area contributed by atoms with E-state index in [2.05, 4.69) is 15.9 Å². The predicted molar refractivity (Wildman–Crippen MR) is 71.2 cm³/mol. The summed E-state index contributed by atoms with van der Waals surface area (Å²) in [6.45, 7) is 0.678. The Kier molecular flexibility index (Phi) is 7.93. The highest BCUT2D eigenvalue weighted by Gasteiger charge is 2.11. The fraction of sp³-hybridized carbons (Fsp3) is 0.455. The van der Waals surface area contributed by atoms with Crippen LogP contribution in [0, 0.1) is 5.82 Å². The van der Waals surface area contributed by atoms with Crippen molar-refractivity contribution in [2.24, 2.45) is 11.5 Å². The standard InChI is InChI=1S/C11H16BrFN2.ClH/c12-11-8(4-3-5-9(11)13)10(15)6-1-2-7-14;/h3-5,10H,1-2,6-7,14-15H2;1H/t10-;/m1./s1. The van der Waals surface area contributed by atoms with E-state index in [-0.39, 0.29) is 24.3 Å². The first kappa shape index (κ1) is 15.8. The molecule has 16 heavy (non-hydrogen) atoms. The third-order valence-electron chi connectivity index (χ3n) is 2.35. The van der Waals surface area contributed by atoms with Crippen LogP contribution < -0.4 is 11.5 Å². The Labute approximate surface area is 110 Å². The van der Waals surface area contributed by atoms with E-state index in [1.54, 1.807) is 6.07 Å². The van der Waals surface area contributed by atoms with Crippen LogP contribution in [0.1, 0.15) is 30.9 Å². The van der Waals surface area contributed by atoms with Crippen LogP contribution in [0.4, 0.5) is 4.39 Å². The van der Waals surface area contributed by atoms with Gasteiger partial charge in [0.05, 0.1) is 4.47 Å². The Hall–Kier alpha value is -0.160. The minimum Gasteiger partial charge on any atom is -0.330 e. The Morgan fingerprint density at radius 1 is 1.31 bits per heavy atom. The highest BCUT2D eigenvalue weighted by atomic mass is 79.9. The van der Waals surface area contributed by atoms with Crippen LogP contribution in [-0.4, -0.2) is 6.54 Å². The van der Waals surface area contributed by atoms with Crippen LogP contribution >= 0.6 is 28.3 Å². The number of nitrogens with two attached hydrogens (primary N) is 2. The fourth-order valence-electron chi connectivity index (χ4n) is 1.47. The molecule has 0 aromatic heterocycles. The molecule has 0 aliphatic carbocycles. The lowest BCUT2D eigenvalue weighted by atomic mass is 10.0. The van der Waals surface area contributed by atoms with Crippen LogP contribution in [0.5, 0.6) is 0 Å². The summed E-state index contributed by atoms with van der Waals surface area (Å²) < 4.78 is 13.7. The van der Waals surface area contributed by atoms with Gasteiger partial charge in [-0.3, -0.25) is 0 Å². The summed E-state index contributed by atoms with van der Waals surface area (Å²) in [6.07, 6.45) is 2.76. The number of hydrogen-bond donors (Lipinski definition) is 2. The molecule has 0 saturated heterocycles. The van der Waals surface area contributed by atoms with Crippen LogP contribution in [0.2, 0.25) is 0 Å². The van der Waals surface area contributed by atoms with Crippen LogP contribution in [0.15, 0.2) is 22.7 Å². The Balaban J connectivity index is 0.00000225. The van der Waals surface area contributed by atoms with Gasteiger partial charge in [0, 0.05) is 6.04 Å². The molecule has 1 atom stereocenters. The molecule has 0 heterocycles. The van der Waals surface area contributed by atoms with Crippen molar-refractivity contribution in [3.63, 3.8) is 0 Å². The summed E-state index contributed by atoms with van der Waals surface area (Å²) >= 11 is 3.21. The largest absolute Gasteiger partial charge is 0.330 e. The molecule has 0 aliphatic rings. The summed E-state index contributed by atoms with van der Waals surface area (Å²) in [5.74, 6) is -0.262. The summed E-state index contributed by atoms with van der Waals surface area (Å²) in [4.78, 5) is 0. The van der Waals surface area contributed by atoms with Crippen molar-refractivity contribution >= 4 is 28.3 Å². The van der Waals surface area contributed by atoms with Crippen molar-refractivity contribution in [2.45, 2.75) is 25.3 Å². The van der Waals surface area contributed by atoms with Gasteiger partial charge in [0.1, 0.15) is 5.82 Å². The minimum atomic E-state index is -0.262. The number of hydrogen-bond acceptors (Lipinski definition) is 2. The van der Waals surface area contributed by atoms with Crippen molar-refractivity contribution in [2.75, 3.05) is 6.54 Å². The van der Waals surface area contributed by atoms with Crippen LogP contribution in [0.3, 0.4) is 0 Å². The van der Waals surface area contributed by atoms with Crippen LogP contribution in [-0.2, 0) is 0 Å². The van der Waals surface area contributed by atoms with Gasteiger partial charge in [-0.2, -0.15) is 0 Å². The summed E-state index contributed by atoms with van der Waals surface area (Å²) in [5.41, 5.74) is 12.2. The van der Waals surface area contributed by atoms with Gasteiger partial charge >= 0.3 is 0 Å². The number of halogens is 3. The van der Waals surface area contributed by atoms with E-state index in [0.29, 0.717) is 11.0 Å². The predicted octanol–water partition coefficient (Wildman–Crippen LogP) is 3.14. The van der Waals surface area contributed by atoms with Gasteiger partial charge in [0.15, 0.2) is 0 Å². The molecule has 0 aliphatic heterocycles. The Morgan fingerprint density at radius 3 is 2.62 bits per heavy atom. The maximum absolute atomic E-state index is 13.2. The van der Waals surface area contributed by atoms with Crippen molar-refractivity contribution < 1.29 is 4.39 Å². The van der Waals surface area contributed by atoms with Crippen LogP contribution in [0.25, 0.3) is 0 Å². The maximum Gasteiger partial charge on any atom is 0.137 e. The van der Waals surface area contributed by atoms with E-state index >= 15 is 0 Å². The molecule has 1 aromatic rings. The highest BCUT2D eigenvalue weighted by Crippen LogP contribution is 2.27. The SMILES string of the molecule is Cl.NCCCC[C@@H](N)c1cccc(F)c1Br. The monoisotopic (exact) mass is 310 g/mol. The second-order valence-electron chi connectivity index (χ2n) is 3.53. The zero-order valence-electron chi connectivity index (χ0n) is 8.96. The summed E-state index contributed by atoms with van der Waals surface area (Å²) in [5, 5.41) is 0. The summed E-state index contributed by atoms with van der Waals surface area (Å²) in [7, 11) is 0. The van der Waals surface area contributed by atoms with Gasteiger partial charge in [-0.15, -0.1) is 12.4 Å². The van der Waals surface area contributed by atoms with Gasteiger partial charge in [0.2, 0.25) is 0 Å². The highest BCUT2D eigenvalue weighted by molar-refractivity contribution is 9.10. The van der Waals surface area contributed by atoms with Gasteiger partial charge < -0.3 is 11.5 Å². The van der Waals surface area contributed by atoms with Gasteiger partial charge in [-0.05, 0) is 46.9 Å². The smallest absolute Gasteiger partial charge is 0.137 e. The van der Waals surface area contributed by atoms with E-state index in [1.165, 1.54) is 6.07 Å². The second-order valence-corrected chi connectivity index (χ2v) is 4.33. The lowest BCUT2D eigenvalue weighted by Crippen LogP contribution is -2.12. The first-order valence-electron chi connectivity index (χ1n) is 5.06. The lowest BCUT2D eigenvalue weighted by molar-refractivity contribution is 0.575. The van der Waals surface area contributed by atoms with Crippen molar-refractivity contribution in [1.29, 1.82) is 0 Å². The molecule has 1 rings (SSSR count). The molecular weight excluding hydrogens is 294 g/mol. The van der Waals surface area contributed by atoms with E-state index in [1.807, 2.05) is 6.07 Å². The maximum atomic E-state index is 13.2. The zero-order chi connectivity index (χ0) is 11.3. The Morgan fingerprint density at radius 2 is 2.00 bits per heavy atom. The molecule has 0 unspecified atom stereocenters. The fourth-order valence-corrected chi connectivity index (χ4v) is 2.03. The molecular formula is C11H17BrClFN2. The minimum absolute atomic E-state index is 0. The topological polar surface area (TPSA) is 52.0 Å². The molecule has 0 spiro atoms. The van der Waals surface area contributed by atoms with Gasteiger partial charge in [-0.1, -0.05) is 18.6 Å². The molecule has 4 N–H and O–H groups in total. The van der Waals surface area contributed by atoms with Crippen molar-refractivity contribution in [3.8, 4) is 0 Å². The Bertz CT molecular complexity index is 323. The van der Waals surface area contributed by atoms with E-state index < -0.39 is 0 Å². The molecule has 0 saturated carbocycles. The van der Waals surface area contributed by atoms with Crippen molar-refractivity contribution in [1.82, 2.24) is 0 Å². The summed E-state index contributed by atoms with van der Waals surface area (Å²) in [6, 6.07) is 4.82. The zero-order valence-corrected chi connectivity index (χ0v) is 11.4. The third-order valence-corrected chi connectivity index (χ3v) is 3.19. The normalized spacial score (nSPS) is 12.0. The molecule has 0 amide bonds. The molecule has 92 valence electrons. The first-order valence-corrected chi connectivity index (χ1v) is 5.85. The van der Waals surface area contributed by atoms with E-state index in [9.17, 15) is 4.39 Å². The quantitative estimate of drug-likeness (QED) is 0.821. The number of benzene rings is 1. The lowest BCUT2D eigenvalue weighted by Gasteiger charge is -2.13. The first-order chi connectivity index (χ1) is 7.16. The number of unbranched alkanes of at least 4 members (excludes halogenated alkanes) is 1. The molecule has 0 bridgehead atoms. The van der Waals surface area contributed by atoms with E-state index in [0.717, 1.165) is 24.8 Å². The second kappa shape index (κ2) is 8.01. The number of rotatable bonds is 5. The molecule has 0 radical (unpaired) electrons. The van der Waals surface area contributed by atoms with Crippen molar-refractivity contribution in [3.05, 3.63) is 34.1 Å². The van der Waals surface area contributed by atoms with Gasteiger partial charge in [0.25, 0.3) is 0 Å². The molecule has 2 nitrogen and oxygen atoms in total. The molecule has 0 fully saturated rings.